The van der Waals surface area contributed by atoms with E-state index in [4.69, 9.17) is 15.2 Å². The summed E-state index contributed by atoms with van der Waals surface area (Å²) in [5, 5.41) is 6.73. The molecule has 9 nitrogen and oxygen atoms in total. The number of H-pyrrole nitrogens is 1. The molecule has 4 N–H and O–H groups in total. The smallest absolute Gasteiger partial charge is 0.274 e. The molecular weight excluding hydrogens is 338 g/mol. The minimum Gasteiger partial charge on any atom is -0.454 e. The van der Waals surface area contributed by atoms with E-state index in [2.05, 4.69) is 15.4 Å². The number of carbonyl (C=O) groups is 1. The second-order valence-corrected chi connectivity index (χ2v) is 5.87. The number of anilines is 1. The summed E-state index contributed by atoms with van der Waals surface area (Å²) in [6.45, 7) is 2.61. The summed E-state index contributed by atoms with van der Waals surface area (Å²) in [7, 11) is 0. The molecule has 1 amide bonds. The highest BCUT2D eigenvalue weighted by atomic mass is 16.7. The van der Waals surface area contributed by atoms with Crippen molar-refractivity contribution in [3.8, 4) is 22.8 Å². The summed E-state index contributed by atoms with van der Waals surface area (Å²) in [6.07, 6.45) is 0.782. The lowest BCUT2D eigenvalue weighted by atomic mass is 10.1. The Bertz CT molecular complexity index is 1070. The quantitative estimate of drug-likeness (QED) is 0.645. The zero-order valence-corrected chi connectivity index (χ0v) is 14.0. The highest BCUT2D eigenvalue weighted by Gasteiger charge is 2.21. The Morgan fingerprint density at radius 1 is 1.35 bits per heavy atom. The van der Waals surface area contributed by atoms with Crippen LogP contribution < -0.4 is 26.1 Å². The molecule has 0 saturated heterocycles. The number of aromatic nitrogens is 3. The predicted molar refractivity (Wildman–Crippen MR) is 94.4 cm³/mol. The topological polar surface area (TPSA) is 124 Å². The van der Waals surface area contributed by atoms with Gasteiger partial charge in [0, 0.05) is 18.2 Å². The van der Waals surface area contributed by atoms with Crippen molar-refractivity contribution >= 4 is 17.4 Å². The van der Waals surface area contributed by atoms with Gasteiger partial charge in [-0.15, -0.1) is 5.10 Å². The number of nitrogens with one attached hydrogen (secondary N) is 2. The van der Waals surface area contributed by atoms with Gasteiger partial charge < -0.3 is 25.5 Å². The molecule has 1 aromatic carbocycles. The van der Waals surface area contributed by atoms with Crippen LogP contribution >= 0.6 is 0 Å². The zero-order chi connectivity index (χ0) is 18.3. The summed E-state index contributed by atoms with van der Waals surface area (Å²) >= 11 is 0. The zero-order valence-electron chi connectivity index (χ0n) is 14.0. The Hall–Kier alpha value is -3.49. The molecule has 0 radical (unpaired) electrons. The number of nitrogen functional groups attached to an aromatic ring is 1. The fraction of sp³-hybridized carbons (Fsp3) is 0.235. The molecule has 3 heterocycles. The lowest BCUT2D eigenvalue weighted by Gasteiger charge is -2.06. The van der Waals surface area contributed by atoms with Crippen LogP contribution in [0.4, 0.5) is 5.82 Å². The minimum absolute atomic E-state index is 0.00482. The van der Waals surface area contributed by atoms with Gasteiger partial charge in [-0.3, -0.25) is 9.59 Å². The van der Waals surface area contributed by atoms with E-state index >= 15 is 0 Å². The Morgan fingerprint density at radius 2 is 2.15 bits per heavy atom. The Balaban J connectivity index is 1.85. The molecule has 26 heavy (non-hydrogen) atoms. The van der Waals surface area contributed by atoms with Crippen molar-refractivity contribution in [2.24, 2.45) is 0 Å². The van der Waals surface area contributed by atoms with Gasteiger partial charge in [0.25, 0.3) is 11.5 Å². The molecule has 0 unspecified atom stereocenters. The monoisotopic (exact) mass is 355 g/mol. The summed E-state index contributed by atoms with van der Waals surface area (Å²) in [5.74, 6) is 0.857. The van der Waals surface area contributed by atoms with Crippen LogP contribution in [-0.2, 0) is 0 Å². The number of carbonyl (C=O) groups excluding carboxylic acids is 1. The average Bonchev–Trinajstić information content (AvgIpc) is 3.22. The van der Waals surface area contributed by atoms with Crippen molar-refractivity contribution in [2.75, 3.05) is 19.1 Å². The van der Waals surface area contributed by atoms with E-state index in [1.807, 2.05) is 6.92 Å². The molecule has 0 aliphatic carbocycles. The van der Waals surface area contributed by atoms with E-state index in [0.717, 1.165) is 10.9 Å². The summed E-state index contributed by atoms with van der Waals surface area (Å²) in [6, 6.07) is 6.72. The van der Waals surface area contributed by atoms with Gasteiger partial charge in [-0.2, -0.15) is 4.52 Å². The molecule has 3 aromatic rings. The number of hydrogen-bond donors (Lipinski definition) is 3. The van der Waals surface area contributed by atoms with Gasteiger partial charge in [0.2, 0.25) is 6.79 Å². The normalized spacial score (nSPS) is 12.5. The second-order valence-electron chi connectivity index (χ2n) is 5.87. The number of hydrogen-bond acceptors (Lipinski definition) is 6. The molecule has 4 rings (SSSR count). The van der Waals surface area contributed by atoms with E-state index in [9.17, 15) is 9.59 Å². The van der Waals surface area contributed by atoms with Gasteiger partial charge in [0.05, 0.1) is 5.69 Å². The molecule has 134 valence electrons. The van der Waals surface area contributed by atoms with Crippen LogP contribution in [0, 0.1) is 0 Å². The van der Waals surface area contributed by atoms with Gasteiger partial charge in [0.15, 0.2) is 23.0 Å². The van der Waals surface area contributed by atoms with E-state index in [0.29, 0.717) is 29.3 Å². The van der Waals surface area contributed by atoms with Crippen LogP contribution in [0.25, 0.3) is 16.9 Å². The third kappa shape index (κ3) is 2.53. The minimum atomic E-state index is -0.396. The third-order valence-electron chi connectivity index (χ3n) is 4.09. The number of benzene rings is 1. The summed E-state index contributed by atoms with van der Waals surface area (Å²) in [5.41, 5.74) is 7.11. The lowest BCUT2D eigenvalue weighted by molar-refractivity contribution is 0.0956. The number of aromatic amines is 1. The number of fused-ring (bicyclic) bond motifs is 2. The largest absolute Gasteiger partial charge is 0.454 e. The lowest BCUT2D eigenvalue weighted by Crippen LogP contribution is -2.25. The third-order valence-corrected chi connectivity index (χ3v) is 4.09. The first-order chi connectivity index (χ1) is 12.6. The summed E-state index contributed by atoms with van der Waals surface area (Å²) < 4.78 is 11.8. The molecule has 1 aliphatic rings. The standard InChI is InChI=1S/C17H17N5O4/c1-2-5-19-17(24)14-15(18)21-22-13(23)7-10(20-16(14)22)9-3-4-11-12(6-9)26-8-25-11/h3-4,6-7,20H,2,5,8H2,1H3,(H2,18,21)(H,19,24). The van der Waals surface area contributed by atoms with Crippen LogP contribution in [-0.4, -0.2) is 33.8 Å². The van der Waals surface area contributed by atoms with E-state index < -0.39 is 5.56 Å². The van der Waals surface area contributed by atoms with Crippen molar-refractivity contribution in [3.05, 3.63) is 40.2 Å². The summed E-state index contributed by atoms with van der Waals surface area (Å²) in [4.78, 5) is 27.9. The van der Waals surface area contributed by atoms with Gasteiger partial charge in [-0.25, -0.2) is 0 Å². The Kier molecular flexibility index (Phi) is 3.76. The van der Waals surface area contributed by atoms with Gasteiger partial charge in [0.1, 0.15) is 5.56 Å². The van der Waals surface area contributed by atoms with E-state index in [1.165, 1.54) is 6.07 Å². The maximum atomic E-state index is 12.4. The van der Waals surface area contributed by atoms with Gasteiger partial charge >= 0.3 is 0 Å². The molecule has 0 fully saturated rings. The first-order valence-electron chi connectivity index (χ1n) is 8.18. The number of nitrogens with two attached hydrogens (primary N) is 1. The first kappa shape index (κ1) is 16.0. The average molecular weight is 355 g/mol. The molecule has 0 atom stereocenters. The van der Waals surface area contributed by atoms with Crippen LogP contribution in [0.3, 0.4) is 0 Å². The first-order valence-corrected chi connectivity index (χ1v) is 8.18. The van der Waals surface area contributed by atoms with E-state index in [-0.39, 0.29) is 29.7 Å². The fourth-order valence-electron chi connectivity index (χ4n) is 2.83. The maximum absolute atomic E-state index is 12.4. The molecule has 0 saturated carbocycles. The maximum Gasteiger partial charge on any atom is 0.274 e. The number of amides is 1. The highest BCUT2D eigenvalue weighted by Crippen LogP contribution is 2.35. The molecule has 2 aromatic heterocycles. The van der Waals surface area contributed by atoms with E-state index in [1.54, 1.807) is 18.2 Å². The molecule has 1 aliphatic heterocycles. The SMILES string of the molecule is CCCNC(=O)c1c(N)nn2c(=O)cc(-c3ccc4c(c3)OCO4)[nH]c12. The van der Waals surface area contributed by atoms with Crippen molar-refractivity contribution in [3.63, 3.8) is 0 Å². The molecular formula is C17H17N5O4. The predicted octanol–water partition coefficient (Wildman–Crippen LogP) is 1.14. The second kappa shape index (κ2) is 6.10. The Morgan fingerprint density at radius 3 is 2.96 bits per heavy atom. The van der Waals surface area contributed by atoms with Crippen molar-refractivity contribution < 1.29 is 14.3 Å². The van der Waals surface area contributed by atoms with Gasteiger partial charge in [-0.05, 0) is 24.6 Å². The van der Waals surface area contributed by atoms with Crippen LogP contribution in [0.15, 0.2) is 29.1 Å². The van der Waals surface area contributed by atoms with Crippen molar-refractivity contribution in [1.29, 1.82) is 0 Å². The molecule has 9 heteroatoms. The van der Waals surface area contributed by atoms with Gasteiger partial charge in [-0.1, -0.05) is 6.92 Å². The van der Waals surface area contributed by atoms with Crippen LogP contribution in [0.5, 0.6) is 11.5 Å². The molecule has 0 bridgehead atoms. The van der Waals surface area contributed by atoms with Crippen LogP contribution in [0.1, 0.15) is 23.7 Å². The van der Waals surface area contributed by atoms with Crippen molar-refractivity contribution in [2.45, 2.75) is 13.3 Å². The Labute approximate surface area is 147 Å². The van der Waals surface area contributed by atoms with Crippen LogP contribution in [0.2, 0.25) is 0 Å². The highest BCUT2D eigenvalue weighted by molar-refractivity contribution is 6.04. The number of ether oxygens (including phenoxy) is 2. The molecule has 0 spiro atoms. The van der Waals surface area contributed by atoms with Crippen molar-refractivity contribution in [1.82, 2.24) is 19.9 Å². The number of rotatable bonds is 4. The fourth-order valence-corrected chi connectivity index (χ4v) is 2.83. The number of nitrogens with zero attached hydrogens (tertiary/aromatic N) is 2.